The summed E-state index contributed by atoms with van der Waals surface area (Å²) in [5, 5.41) is 13.2. The van der Waals surface area contributed by atoms with Crippen LogP contribution in [0.25, 0.3) is 10.9 Å². The van der Waals surface area contributed by atoms with Gasteiger partial charge in [-0.25, -0.2) is 14.8 Å². The van der Waals surface area contributed by atoms with Gasteiger partial charge in [-0.05, 0) is 42.9 Å². The Balaban J connectivity index is 1.84. The Morgan fingerprint density at radius 2 is 2.25 bits per heavy atom. The van der Waals surface area contributed by atoms with Crippen LogP contribution in [-0.4, -0.2) is 27.6 Å². The van der Waals surface area contributed by atoms with Crippen molar-refractivity contribution in [1.29, 1.82) is 0 Å². The first-order valence-corrected chi connectivity index (χ1v) is 6.87. The van der Waals surface area contributed by atoms with E-state index in [4.69, 9.17) is 5.11 Å². The van der Waals surface area contributed by atoms with Gasteiger partial charge >= 0.3 is 5.97 Å². The van der Waals surface area contributed by atoms with Crippen LogP contribution in [0, 0.1) is 11.8 Å². The number of rotatable bonds is 5. The molecule has 1 aliphatic rings. The summed E-state index contributed by atoms with van der Waals surface area (Å²) in [6.45, 7) is 3.13. The quantitative estimate of drug-likeness (QED) is 0.874. The first-order valence-electron chi connectivity index (χ1n) is 6.87. The number of hydrogen-bond acceptors (Lipinski definition) is 4. The van der Waals surface area contributed by atoms with E-state index in [1.807, 2.05) is 0 Å². The second-order valence-corrected chi connectivity index (χ2v) is 5.45. The fraction of sp³-hybridized carbons (Fsp3) is 0.400. The van der Waals surface area contributed by atoms with Crippen LogP contribution >= 0.6 is 0 Å². The molecule has 0 bridgehead atoms. The first-order chi connectivity index (χ1) is 9.65. The van der Waals surface area contributed by atoms with Crippen LogP contribution in [0.15, 0.2) is 24.5 Å². The third kappa shape index (κ3) is 2.57. The van der Waals surface area contributed by atoms with Crippen LogP contribution in [-0.2, 0) is 0 Å². The first kappa shape index (κ1) is 12.8. The Labute approximate surface area is 117 Å². The summed E-state index contributed by atoms with van der Waals surface area (Å²) in [5.74, 6) is 1.31. The van der Waals surface area contributed by atoms with Gasteiger partial charge in [0.25, 0.3) is 0 Å². The highest BCUT2D eigenvalue weighted by Crippen LogP contribution is 2.36. The van der Waals surface area contributed by atoms with E-state index < -0.39 is 5.97 Å². The number of hydrogen-bond donors (Lipinski definition) is 2. The summed E-state index contributed by atoms with van der Waals surface area (Å²) < 4.78 is 0. The van der Waals surface area contributed by atoms with Gasteiger partial charge in [-0.1, -0.05) is 6.92 Å². The molecule has 1 atom stereocenters. The lowest BCUT2D eigenvalue weighted by Crippen LogP contribution is -2.14. The minimum Gasteiger partial charge on any atom is -0.478 e. The van der Waals surface area contributed by atoms with Crippen molar-refractivity contribution < 1.29 is 9.90 Å². The molecule has 5 nitrogen and oxygen atoms in total. The van der Waals surface area contributed by atoms with E-state index in [9.17, 15) is 4.79 Å². The molecule has 1 fully saturated rings. The number of carboxylic acids is 1. The number of nitrogens with one attached hydrogen (secondary N) is 1. The molecular formula is C15H17N3O2. The average molecular weight is 271 g/mol. The van der Waals surface area contributed by atoms with Crippen LogP contribution in [0.4, 0.5) is 5.82 Å². The molecule has 0 radical (unpaired) electrons. The fourth-order valence-corrected chi connectivity index (χ4v) is 2.42. The maximum Gasteiger partial charge on any atom is 0.335 e. The number of aromatic carboxylic acids is 1. The number of carboxylic acid groups (broad SMARTS) is 1. The molecular weight excluding hydrogens is 254 g/mol. The van der Waals surface area contributed by atoms with Gasteiger partial charge < -0.3 is 10.4 Å². The number of carbonyl (C=O) groups is 1. The van der Waals surface area contributed by atoms with Crippen LogP contribution in [0.3, 0.4) is 0 Å². The Hall–Kier alpha value is -2.17. The molecule has 1 saturated carbocycles. The molecule has 2 aromatic rings. The molecule has 1 heterocycles. The highest BCUT2D eigenvalue weighted by molar-refractivity contribution is 5.96. The summed E-state index contributed by atoms with van der Waals surface area (Å²) >= 11 is 0. The molecule has 0 amide bonds. The Morgan fingerprint density at radius 3 is 2.95 bits per heavy atom. The maximum absolute atomic E-state index is 11.0. The van der Waals surface area contributed by atoms with E-state index in [0.29, 0.717) is 11.4 Å². The third-order valence-electron chi connectivity index (χ3n) is 3.90. The van der Waals surface area contributed by atoms with Gasteiger partial charge in [0.2, 0.25) is 0 Å². The molecule has 1 aromatic carbocycles. The van der Waals surface area contributed by atoms with Gasteiger partial charge in [0.15, 0.2) is 0 Å². The van der Waals surface area contributed by atoms with Gasteiger partial charge in [0, 0.05) is 11.9 Å². The van der Waals surface area contributed by atoms with Gasteiger partial charge in [0.1, 0.15) is 12.1 Å². The molecule has 1 aromatic heterocycles. The molecule has 2 N–H and O–H groups in total. The van der Waals surface area contributed by atoms with Gasteiger partial charge in [-0.2, -0.15) is 0 Å². The van der Waals surface area contributed by atoms with Gasteiger partial charge in [-0.3, -0.25) is 0 Å². The Bertz CT molecular complexity index is 653. The van der Waals surface area contributed by atoms with Crippen LogP contribution < -0.4 is 5.32 Å². The van der Waals surface area contributed by atoms with Crippen molar-refractivity contribution in [2.75, 3.05) is 11.9 Å². The molecule has 0 saturated heterocycles. The molecule has 0 spiro atoms. The van der Waals surface area contributed by atoms with Crippen molar-refractivity contribution >= 4 is 22.7 Å². The molecule has 1 unspecified atom stereocenters. The summed E-state index contributed by atoms with van der Waals surface area (Å²) in [7, 11) is 0. The van der Waals surface area contributed by atoms with Crippen LogP contribution in [0.1, 0.15) is 30.1 Å². The van der Waals surface area contributed by atoms with Crippen molar-refractivity contribution in [2.24, 2.45) is 11.8 Å². The minimum atomic E-state index is -0.942. The van der Waals surface area contributed by atoms with Crippen molar-refractivity contribution in [3.63, 3.8) is 0 Å². The summed E-state index contributed by atoms with van der Waals surface area (Å²) in [6.07, 6.45) is 4.13. The number of nitrogens with zero attached hydrogens (tertiary/aromatic N) is 2. The summed E-state index contributed by atoms with van der Waals surface area (Å²) in [5.41, 5.74) is 0.898. The standard InChI is InChI=1S/C15H17N3O2/c1-9(10-2-3-10)7-16-14-12-5-4-11(15(19)20)6-13(12)17-8-18-14/h4-6,8-10H,2-3,7H2,1H3,(H,19,20)(H,16,17,18). The zero-order valence-electron chi connectivity index (χ0n) is 11.3. The van der Waals surface area contributed by atoms with Crippen molar-refractivity contribution in [3.8, 4) is 0 Å². The van der Waals surface area contributed by atoms with Crippen LogP contribution in [0.5, 0.6) is 0 Å². The minimum absolute atomic E-state index is 0.244. The van der Waals surface area contributed by atoms with E-state index in [1.165, 1.54) is 19.2 Å². The highest BCUT2D eigenvalue weighted by atomic mass is 16.4. The van der Waals surface area contributed by atoms with Crippen LogP contribution in [0.2, 0.25) is 0 Å². The van der Waals surface area contributed by atoms with Gasteiger partial charge in [-0.15, -0.1) is 0 Å². The van der Waals surface area contributed by atoms with Crippen molar-refractivity contribution in [2.45, 2.75) is 19.8 Å². The molecule has 1 aliphatic carbocycles. The van der Waals surface area contributed by atoms with E-state index in [-0.39, 0.29) is 5.56 Å². The number of fused-ring (bicyclic) bond motifs is 1. The normalized spacial score (nSPS) is 16.1. The monoisotopic (exact) mass is 271 g/mol. The van der Waals surface area contributed by atoms with Crippen molar-refractivity contribution in [3.05, 3.63) is 30.1 Å². The lowest BCUT2D eigenvalue weighted by molar-refractivity contribution is 0.0697. The van der Waals surface area contributed by atoms with E-state index in [1.54, 1.807) is 18.2 Å². The molecule has 0 aliphatic heterocycles. The number of benzene rings is 1. The van der Waals surface area contributed by atoms with Crippen molar-refractivity contribution in [1.82, 2.24) is 9.97 Å². The second kappa shape index (κ2) is 5.07. The van der Waals surface area contributed by atoms with E-state index in [0.717, 1.165) is 23.7 Å². The summed E-state index contributed by atoms with van der Waals surface area (Å²) in [4.78, 5) is 19.4. The topological polar surface area (TPSA) is 75.1 Å². The maximum atomic E-state index is 11.0. The number of anilines is 1. The molecule has 3 rings (SSSR count). The lowest BCUT2D eigenvalue weighted by Gasteiger charge is -2.13. The summed E-state index contributed by atoms with van der Waals surface area (Å²) in [6, 6.07) is 4.93. The van der Waals surface area contributed by atoms with E-state index in [2.05, 4.69) is 22.2 Å². The predicted octanol–water partition coefficient (Wildman–Crippen LogP) is 2.79. The van der Waals surface area contributed by atoms with Gasteiger partial charge in [0.05, 0.1) is 11.1 Å². The third-order valence-corrected chi connectivity index (χ3v) is 3.90. The Kier molecular flexibility index (Phi) is 3.26. The fourth-order valence-electron chi connectivity index (χ4n) is 2.42. The SMILES string of the molecule is CC(CNc1ncnc2cc(C(=O)O)ccc12)C1CC1. The zero-order valence-corrected chi connectivity index (χ0v) is 11.3. The smallest absolute Gasteiger partial charge is 0.335 e. The average Bonchev–Trinajstić information content (AvgIpc) is 3.28. The largest absolute Gasteiger partial charge is 0.478 e. The second-order valence-electron chi connectivity index (χ2n) is 5.45. The van der Waals surface area contributed by atoms with E-state index >= 15 is 0 Å². The highest BCUT2D eigenvalue weighted by Gasteiger charge is 2.27. The predicted molar refractivity (Wildman–Crippen MR) is 76.9 cm³/mol. The Morgan fingerprint density at radius 1 is 1.45 bits per heavy atom. The zero-order chi connectivity index (χ0) is 14.1. The lowest BCUT2D eigenvalue weighted by atomic mass is 10.1. The number of aromatic nitrogens is 2. The molecule has 104 valence electrons. The molecule has 5 heteroatoms. The molecule has 20 heavy (non-hydrogen) atoms.